The van der Waals surface area contributed by atoms with Gasteiger partial charge in [0.2, 0.25) is 0 Å². The Labute approximate surface area is 251 Å². The number of halogens is 2. The molecule has 0 radical (unpaired) electrons. The maximum absolute atomic E-state index is 14.7. The highest BCUT2D eigenvalue weighted by atomic mass is 79.9. The Hall–Kier alpha value is -3.94. The van der Waals surface area contributed by atoms with Gasteiger partial charge in [0.25, 0.3) is 5.91 Å². The van der Waals surface area contributed by atoms with Crippen molar-refractivity contribution >= 4 is 56.6 Å². The van der Waals surface area contributed by atoms with E-state index in [-0.39, 0.29) is 5.78 Å². The van der Waals surface area contributed by atoms with Crippen LogP contribution < -0.4 is 10.6 Å². The van der Waals surface area contributed by atoms with Gasteiger partial charge in [-0.2, -0.15) is 0 Å². The lowest BCUT2D eigenvalue weighted by atomic mass is 9.69. The molecule has 2 aliphatic rings. The lowest BCUT2D eigenvalue weighted by Gasteiger charge is -2.39. The van der Waals surface area contributed by atoms with Crippen molar-refractivity contribution in [2.75, 3.05) is 10.6 Å². The van der Waals surface area contributed by atoms with Gasteiger partial charge in [-0.1, -0.05) is 91.3 Å². The number of benzene rings is 4. The van der Waals surface area contributed by atoms with Crippen molar-refractivity contribution < 1.29 is 14.4 Å². The molecule has 2 N–H and O–H groups in total. The number of hydrogen-bond acceptors (Lipinski definition) is 3. The minimum atomic E-state index is -1.60. The summed E-state index contributed by atoms with van der Waals surface area (Å²) in [5.41, 5.74) is 1.49. The number of fused-ring (bicyclic) bond motifs is 2. The lowest BCUT2D eigenvalue weighted by molar-refractivity contribution is -0.126. The van der Waals surface area contributed by atoms with Gasteiger partial charge >= 0.3 is 6.03 Å². The van der Waals surface area contributed by atoms with Gasteiger partial charge in [0.05, 0.1) is 11.6 Å². The van der Waals surface area contributed by atoms with E-state index >= 15 is 0 Å². The second-order valence-electron chi connectivity index (χ2n) is 10.3. The topological polar surface area (TPSA) is 78.5 Å². The van der Waals surface area contributed by atoms with Crippen molar-refractivity contribution in [1.29, 1.82) is 0 Å². The number of carbonyl (C=O) groups is 3. The second kappa shape index (κ2) is 10.8. The summed E-state index contributed by atoms with van der Waals surface area (Å²) in [7, 11) is 0. The molecule has 1 fully saturated rings. The highest BCUT2D eigenvalue weighted by molar-refractivity contribution is 9.10. The number of hydrogen-bond donors (Lipinski definition) is 2. The summed E-state index contributed by atoms with van der Waals surface area (Å²) in [5, 5.41) is 6.60. The van der Waals surface area contributed by atoms with Gasteiger partial charge in [-0.05, 0) is 58.2 Å². The Morgan fingerprint density at radius 1 is 0.927 bits per heavy atom. The minimum absolute atomic E-state index is 0.202. The summed E-state index contributed by atoms with van der Waals surface area (Å²) in [6, 6.07) is 30.0. The van der Waals surface area contributed by atoms with E-state index in [9.17, 15) is 14.4 Å². The number of nitrogens with zero attached hydrogens (tertiary/aromatic N) is 1. The fourth-order valence-electron chi connectivity index (χ4n) is 6.59. The lowest BCUT2D eigenvalue weighted by Crippen LogP contribution is -2.57. The summed E-state index contributed by atoms with van der Waals surface area (Å²) in [5.74, 6) is -2.01. The van der Waals surface area contributed by atoms with Crippen LogP contribution in [-0.2, 0) is 10.3 Å². The van der Waals surface area contributed by atoms with E-state index in [4.69, 9.17) is 11.6 Å². The second-order valence-corrected chi connectivity index (χ2v) is 11.6. The van der Waals surface area contributed by atoms with Crippen LogP contribution in [0.1, 0.15) is 40.7 Å². The van der Waals surface area contributed by atoms with Crippen LogP contribution in [0.4, 0.5) is 16.2 Å². The van der Waals surface area contributed by atoms with Crippen LogP contribution in [0, 0.1) is 5.92 Å². The Kier molecular flexibility index (Phi) is 7.18. The number of ketones is 1. The third-order valence-electron chi connectivity index (χ3n) is 8.22. The molecule has 0 bridgehead atoms. The van der Waals surface area contributed by atoms with E-state index in [0.717, 1.165) is 5.56 Å². The molecule has 41 heavy (non-hydrogen) atoms. The zero-order valence-corrected chi connectivity index (χ0v) is 24.5. The molecular formula is C33H27BrClN3O3. The van der Waals surface area contributed by atoms with Crippen molar-refractivity contribution in [1.82, 2.24) is 4.90 Å². The van der Waals surface area contributed by atoms with Crippen LogP contribution in [0.5, 0.6) is 0 Å². The van der Waals surface area contributed by atoms with Gasteiger partial charge in [0, 0.05) is 38.3 Å². The van der Waals surface area contributed by atoms with Crippen LogP contribution in [0.25, 0.3) is 0 Å². The number of carbonyl (C=O) groups excluding carboxylic acids is 3. The molecule has 4 aromatic rings. The van der Waals surface area contributed by atoms with Crippen LogP contribution in [0.15, 0.2) is 108 Å². The number of para-hydroxylation sites is 2. The number of rotatable bonds is 5. The van der Waals surface area contributed by atoms with E-state index in [1.165, 1.54) is 0 Å². The van der Waals surface area contributed by atoms with E-state index in [2.05, 4.69) is 26.6 Å². The van der Waals surface area contributed by atoms with E-state index < -0.39 is 35.4 Å². The van der Waals surface area contributed by atoms with Gasteiger partial charge < -0.3 is 15.5 Å². The molecule has 4 atom stereocenters. The highest BCUT2D eigenvalue weighted by Crippen LogP contribution is 2.59. The Balaban J connectivity index is 1.63. The maximum atomic E-state index is 14.7. The van der Waals surface area contributed by atoms with Crippen molar-refractivity contribution in [3.05, 3.63) is 129 Å². The van der Waals surface area contributed by atoms with Gasteiger partial charge in [-0.25, -0.2) is 4.79 Å². The minimum Gasteiger partial charge on any atom is -0.323 e. The third-order valence-corrected chi connectivity index (χ3v) is 9.16. The zero-order valence-electron chi connectivity index (χ0n) is 22.2. The normalized spacial score (nSPS) is 22.9. The van der Waals surface area contributed by atoms with Gasteiger partial charge in [-0.15, -0.1) is 0 Å². The van der Waals surface area contributed by atoms with Crippen molar-refractivity contribution in [2.45, 2.75) is 30.8 Å². The van der Waals surface area contributed by atoms with E-state index in [1.54, 1.807) is 35.2 Å². The quantitative estimate of drug-likeness (QED) is 0.221. The molecule has 0 aliphatic carbocycles. The van der Waals surface area contributed by atoms with Crippen molar-refractivity contribution in [3.63, 3.8) is 0 Å². The summed E-state index contributed by atoms with van der Waals surface area (Å²) in [6.07, 6.45) is 0.506. The number of Topliss-reactive ketones (excluding diaryl/α,β-unsaturated/α-hetero) is 1. The first kappa shape index (κ1) is 27.2. The molecule has 6 nitrogen and oxygen atoms in total. The average molecular weight is 629 g/mol. The molecule has 1 spiro atoms. The maximum Gasteiger partial charge on any atom is 0.323 e. The summed E-state index contributed by atoms with van der Waals surface area (Å²) in [6.45, 7) is 1.98. The molecule has 2 heterocycles. The standard InChI is InChI=1S/C33H27BrClN3O3/c1-2-27-28(20-16-18-22(35)19-17-20)29(30(39)21-10-4-3-5-11-21)33(23-12-6-8-14-25(23)36-31(33)40)38(27)32(41)37-26-15-9-7-13-24(26)34/h3-19,27-29H,2H2,1H3,(H,36,40)(H,37,41). The number of amides is 3. The molecular weight excluding hydrogens is 602 g/mol. The summed E-state index contributed by atoms with van der Waals surface area (Å²) in [4.78, 5) is 45.2. The Bertz CT molecular complexity index is 1650. The van der Waals surface area contributed by atoms with Gasteiger partial charge in [-0.3, -0.25) is 9.59 Å². The number of urea groups is 1. The molecule has 2 aliphatic heterocycles. The highest BCUT2D eigenvalue weighted by Gasteiger charge is 2.69. The molecule has 4 aromatic carbocycles. The molecule has 0 aromatic heterocycles. The van der Waals surface area contributed by atoms with Crippen LogP contribution in [0.3, 0.4) is 0 Å². The van der Waals surface area contributed by atoms with Crippen LogP contribution >= 0.6 is 27.5 Å². The van der Waals surface area contributed by atoms with E-state index in [0.29, 0.717) is 38.4 Å². The largest absolute Gasteiger partial charge is 0.323 e. The molecule has 4 unspecified atom stereocenters. The monoisotopic (exact) mass is 627 g/mol. The first-order valence-corrected chi connectivity index (χ1v) is 14.7. The first-order chi connectivity index (χ1) is 19.9. The molecule has 1 saturated heterocycles. The number of anilines is 2. The molecule has 0 saturated carbocycles. The predicted octanol–water partition coefficient (Wildman–Crippen LogP) is 7.86. The number of nitrogens with one attached hydrogen (secondary N) is 2. The van der Waals surface area contributed by atoms with Crippen molar-refractivity contribution in [2.24, 2.45) is 5.92 Å². The summed E-state index contributed by atoms with van der Waals surface area (Å²) >= 11 is 9.79. The SMILES string of the molecule is CCC1C(c2ccc(Cl)cc2)C(C(=O)c2ccccc2)C2(C(=O)Nc3ccccc32)N1C(=O)Nc1ccccc1Br. The van der Waals surface area contributed by atoms with Gasteiger partial charge in [0.1, 0.15) is 0 Å². The smallest absolute Gasteiger partial charge is 0.323 e. The predicted molar refractivity (Wildman–Crippen MR) is 164 cm³/mol. The average Bonchev–Trinajstić information content (AvgIpc) is 3.46. The fourth-order valence-corrected chi connectivity index (χ4v) is 7.10. The van der Waals surface area contributed by atoms with Crippen LogP contribution in [-0.4, -0.2) is 28.7 Å². The van der Waals surface area contributed by atoms with Gasteiger partial charge in [0.15, 0.2) is 11.3 Å². The molecule has 6 rings (SSSR count). The Morgan fingerprint density at radius 2 is 1.59 bits per heavy atom. The third kappa shape index (κ3) is 4.35. The number of likely N-dealkylation sites (tertiary alicyclic amines) is 1. The molecule has 206 valence electrons. The Morgan fingerprint density at radius 3 is 2.29 bits per heavy atom. The fraction of sp³-hybridized carbons (Fsp3) is 0.182. The summed E-state index contributed by atoms with van der Waals surface area (Å²) < 4.78 is 0.706. The van der Waals surface area contributed by atoms with E-state index in [1.807, 2.05) is 79.7 Å². The molecule has 3 amide bonds. The molecule has 8 heteroatoms. The van der Waals surface area contributed by atoms with Crippen molar-refractivity contribution in [3.8, 4) is 0 Å². The van der Waals surface area contributed by atoms with Crippen LogP contribution in [0.2, 0.25) is 5.02 Å². The first-order valence-electron chi connectivity index (χ1n) is 13.5. The zero-order chi connectivity index (χ0) is 28.7.